The van der Waals surface area contributed by atoms with Crippen LogP contribution in [0.15, 0.2) is 46.3 Å². The number of rotatable bonds is 1. The average Bonchev–Trinajstić information content (AvgIpc) is 2.18. The van der Waals surface area contributed by atoms with Crippen molar-refractivity contribution in [3.8, 4) is 0 Å². The molecule has 0 unspecified atom stereocenters. The Morgan fingerprint density at radius 1 is 1.31 bits per heavy atom. The van der Waals surface area contributed by atoms with Crippen molar-refractivity contribution in [2.45, 2.75) is 0 Å². The summed E-state index contributed by atoms with van der Waals surface area (Å²) in [6.07, 6.45) is 3.10. The molecule has 13 heavy (non-hydrogen) atoms. The van der Waals surface area contributed by atoms with Crippen molar-refractivity contribution < 1.29 is 4.42 Å². The monoisotopic (exact) mass is 172 g/mol. The van der Waals surface area contributed by atoms with E-state index >= 15 is 0 Å². The van der Waals surface area contributed by atoms with Crippen LogP contribution in [0.25, 0.3) is 16.8 Å². The van der Waals surface area contributed by atoms with Gasteiger partial charge in [0.15, 0.2) is 0 Å². The smallest absolute Gasteiger partial charge is 0.343 e. The van der Waals surface area contributed by atoms with Crippen LogP contribution in [-0.4, -0.2) is 0 Å². The lowest BCUT2D eigenvalue weighted by molar-refractivity contribution is 0.519. The van der Waals surface area contributed by atoms with E-state index in [0.29, 0.717) is 5.39 Å². The van der Waals surface area contributed by atoms with Crippen molar-refractivity contribution in [3.63, 3.8) is 0 Å². The molecule has 0 aliphatic heterocycles. The molecule has 2 aromatic rings. The molecule has 2 nitrogen and oxygen atoms in total. The molecule has 0 saturated heterocycles. The highest BCUT2D eigenvalue weighted by atomic mass is 16.4. The predicted molar refractivity (Wildman–Crippen MR) is 52.6 cm³/mol. The number of hydrogen-bond acceptors (Lipinski definition) is 2. The van der Waals surface area contributed by atoms with Gasteiger partial charge in [-0.1, -0.05) is 24.8 Å². The molecule has 1 aromatic heterocycles. The van der Waals surface area contributed by atoms with E-state index in [1.165, 1.54) is 6.26 Å². The molecule has 0 fully saturated rings. The standard InChI is InChI=1S/C11H8O2/c1-2-8-3-4-9-5-6-13-11(12)10(9)7-8/h2-7H,1H2. The lowest BCUT2D eigenvalue weighted by Gasteiger charge is -1.96. The molecule has 0 radical (unpaired) electrons. The molecule has 64 valence electrons. The normalized spacial score (nSPS) is 10.2. The quantitative estimate of drug-likeness (QED) is 0.661. The first kappa shape index (κ1) is 7.80. The fraction of sp³-hybridized carbons (Fsp3) is 0. The molecule has 1 heterocycles. The van der Waals surface area contributed by atoms with Crippen LogP contribution in [0, 0.1) is 0 Å². The van der Waals surface area contributed by atoms with E-state index in [4.69, 9.17) is 4.42 Å². The predicted octanol–water partition coefficient (Wildman–Crippen LogP) is 2.44. The topological polar surface area (TPSA) is 30.2 Å². The molecule has 0 aliphatic carbocycles. The second-order valence-electron chi connectivity index (χ2n) is 2.76. The van der Waals surface area contributed by atoms with Gasteiger partial charge in [0, 0.05) is 0 Å². The lowest BCUT2D eigenvalue weighted by atomic mass is 10.1. The van der Waals surface area contributed by atoms with Gasteiger partial charge in [0.1, 0.15) is 0 Å². The summed E-state index contributed by atoms with van der Waals surface area (Å²) in [4.78, 5) is 11.2. The minimum atomic E-state index is -0.304. The Balaban J connectivity index is 2.90. The van der Waals surface area contributed by atoms with Gasteiger partial charge in [-0.25, -0.2) is 4.79 Å². The van der Waals surface area contributed by atoms with Gasteiger partial charge in [-0.05, 0) is 23.1 Å². The van der Waals surface area contributed by atoms with Crippen LogP contribution in [0.3, 0.4) is 0 Å². The van der Waals surface area contributed by atoms with Crippen LogP contribution in [-0.2, 0) is 0 Å². The zero-order valence-electron chi connectivity index (χ0n) is 6.99. The largest absolute Gasteiger partial charge is 0.431 e. The number of fused-ring (bicyclic) bond motifs is 1. The molecule has 2 heteroatoms. The van der Waals surface area contributed by atoms with E-state index in [1.54, 1.807) is 18.2 Å². The fourth-order valence-electron chi connectivity index (χ4n) is 1.26. The van der Waals surface area contributed by atoms with Crippen LogP contribution in [0.1, 0.15) is 5.56 Å². The van der Waals surface area contributed by atoms with Gasteiger partial charge in [0.25, 0.3) is 0 Å². The zero-order valence-corrected chi connectivity index (χ0v) is 6.99. The Morgan fingerprint density at radius 2 is 2.15 bits per heavy atom. The molecular formula is C11H8O2. The SMILES string of the molecule is C=Cc1ccc2ccoc(=O)c2c1. The van der Waals surface area contributed by atoms with E-state index in [9.17, 15) is 4.79 Å². The summed E-state index contributed by atoms with van der Waals surface area (Å²) in [5.74, 6) is 0. The Morgan fingerprint density at radius 3 is 2.92 bits per heavy atom. The molecule has 1 aromatic carbocycles. The average molecular weight is 172 g/mol. The summed E-state index contributed by atoms with van der Waals surface area (Å²) in [6, 6.07) is 7.33. The zero-order chi connectivity index (χ0) is 9.26. The van der Waals surface area contributed by atoms with Gasteiger partial charge >= 0.3 is 5.63 Å². The summed E-state index contributed by atoms with van der Waals surface area (Å²) in [7, 11) is 0. The molecule has 0 bridgehead atoms. The maximum Gasteiger partial charge on any atom is 0.343 e. The van der Waals surface area contributed by atoms with Crippen molar-refractivity contribution in [1.82, 2.24) is 0 Å². The van der Waals surface area contributed by atoms with Crippen LogP contribution < -0.4 is 5.63 Å². The van der Waals surface area contributed by atoms with Crippen molar-refractivity contribution in [2.24, 2.45) is 0 Å². The summed E-state index contributed by atoms with van der Waals surface area (Å²) in [5.41, 5.74) is 0.618. The minimum absolute atomic E-state index is 0.304. The Labute approximate surface area is 75.1 Å². The summed E-state index contributed by atoms with van der Waals surface area (Å²) >= 11 is 0. The van der Waals surface area contributed by atoms with Gasteiger partial charge < -0.3 is 4.42 Å². The highest BCUT2D eigenvalue weighted by Crippen LogP contribution is 2.12. The van der Waals surface area contributed by atoms with E-state index < -0.39 is 0 Å². The van der Waals surface area contributed by atoms with Crippen molar-refractivity contribution in [3.05, 3.63) is 53.1 Å². The first-order chi connectivity index (χ1) is 6.31. The van der Waals surface area contributed by atoms with E-state index in [1.807, 2.05) is 12.1 Å². The third kappa shape index (κ3) is 1.26. The first-order valence-electron chi connectivity index (χ1n) is 3.95. The van der Waals surface area contributed by atoms with Gasteiger partial charge in [-0.2, -0.15) is 0 Å². The highest BCUT2D eigenvalue weighted by molar-refractivity contribution is 5.83. The van der Waals surface area contributed by atoms with Gasteiger partial charge in [-0.15, -0.1) is 0 Å². The van der Waals surface area contributed by atoms with E-state index in [2.05, 4.69) is 6.58 Å². The molecular weight excluding hydrogens is 164 g/mol. The Hall–Kier alpha value is -1.83. The maximum absolute atomic E-state index is 11.2. The molecule has 0 atom stereocenters. The highest BCUT2D eigenvalue weighted by Gasteiger charge is 1.98. The second-order valence-corrected chi connectivity index (χ2v) is 2.76. The van der Waals surface area contributed by atoms with Crippen molar-refractivity contribution in [2.75, 3.05) is 0 Å². The summed E-state index contributed by atoms with van der Waals surface area (Å²) in [6.45, 7) is 3.63. The molecule has 2 rings (SSSR count). The molecule has 0 spiro atoms. The third-order valence-corrected chi connectivity index (χ3v) is 1.96. The maximum atomic E-state index is 11.2. The molecule has 0 amide bonds. The number of hydrogen-bond donors (Lipinski definition) is 0. The first-order valence-corrected chi connectivity index (χ1v) is 3.95. The van der Waals surface area contributed by atoms with Crippen LogP contribution >= 0.6 is 0 Å². The second kappa shape index (κ2) is 2.90. The van der Waals surface area contributed by atoms with Gasteiger partial charge in [0.05, 0.1) is 11.6 Å². The van der Waals surface area contributed by atoms with Crippen molar-refractivity contribution in [1.29, 1.82) is 0 Å². The third-order valence-electron chi connectivity index (χ3n) is 1.96. The number of benzene rings is 1. The molecule has 0 saturated carbocycles. The summed E-state index contributed by atoms with van der Waals surface area (Å²) < 4.78 is 4.75. The lowest BCUT2D eigenvalue weighted by Crippen LogP contribution is -1.97. The van der Waals surface area contributed by atoms with Gasteiger partial charge in [-0.3, -0.25) is 0 Å². The Bertz CT molecular complexity index is 509. The van der Waals surface area contributed by atoms with Crippen LogP contribution in [0.4, 0.5) is 0 Å². The molecule has 0 N–H and O–H groups in total. The van der Waals surface area contributed by atoms with E-state index in [-0.39, 0.29) is 5.63 Å². The van der Waals surface area contributed by atoms with Gasteiger partial charge in [0.2, 0.25) is 0 Å². The summed E-state index contributed by atoms with van der Waals surface area (Å²) in [5, 5.41) is 1.49. The Kier molecular flexibility index (Phi) is 1.74. The van der Waals surface area contributed by atoms with Crippen LogP contribution in [0.2, 0.25) is 0 Å². The minimum Gasteiger partial charge on any atom is -0.431 e. The van der Waals surface area contributed by atoms with Crippen LogP contribution in [0.5, 0.6) is 0 Å². The fourth-order valence-corrected chi connectivity index (χ4v) is 1.26. The molecule has 0 aliphatic rings. The van der Waals surface area contributed by atoms with Crippen molar-refractivity contribution >= 4 is 16.8 Å². The van der Waals surface area contributed by atoms with E-state index in [0.717, 1.165) is 10.9 Å².